The van der Waals surface area contributed by atoms with Gasteiger partial charge in [0.15, 0.2) is 5.69 Å². The van der Waals surface area contributed by atoms with Crippen LogP contribution in [0.4, 0.5) is 5.69 Å². The van der Waals surface area contributed by atoms with Crippen molar-refractivity contribution in [2.45, 2.75) is 0 Å². The summed E-state index contributed by atoms with van der Waals surface area (Å²) in [4.78, 5) is 23.4. The van der Waals surface area contributed by atoms with Crippen molar-refractivity contribution in [3.05, 3.63) is 40.7 Å². The average Bonchev–Trinajstić information content (AvgIpc) is 2.94. The molecule has 1 heterocycles. The molecule has 1 aromatic carbocycles. The van der Waals surface area contributed by atoms with E-state index in [9.17, 15) is 9.59 Å². The van der Waals surface area contributed by atoms with Crippen molar-refractivity contribution in [2.75, 3.05) is 12.4 Å². The lowest BCUT2D eigenvalue weighted by atomic mass is 10.1. The van der Waals surface area contributed by atoms with Crippen LogP contribution in [0.15, 0.2) is 24.4 Å². The molecule has 19 heavy (non-hydrogen) atoms. The van der Waals surface area contributed by atoms with Crippen molar-refractivity contribution < 1.29 is 14.3 Å². The van der Waals surface area contributed by atoms with E-state index < -0.39 is 11.9 Å². The summed E-state index contributed by atoms with van der Waals surface area (Å²) in [5.41, 5.74) is 0.543. The van der Waals surface area contributed by atoms with Crippen molar-refractivity contribution >= 4 is 29.2 Å². The molecular formula is C11H9ClN4O3. The molecule has 0 fully saturated rings. The van der Waals surface area contributed by atoms with Crippen LogP contribution in [0.1, 0.15) is 20.8 Å². The van der Waals surface area contributed by atoms with Crippen LogP contribution in [0.25, 0.3) is 0 Å². The zero-order valence-corrected chi connectivity index (χ0v) is 10.6. The summed E-state index contributed by atoms with van der Waals surface area (Å²) >= 11 is 5.81. The van der Waals surface area contributed by atoms with Crippen molar-refractivity contribution in [1.29, 1.82) is 0 Å². The second kappa shape index (κ2) is 5.49. The van der Waals surface area contributed by atoms with Crippen molar-refractivity contribution in [3.8, 4) is 0 Å². The number of amides is 1. The van der Waals surface area contributed by atoms with E-state index in [0.717, 1.165) is 0 Å². The number of nitrogens with one attached hydrogen (secondary N) is 2. The number of anilines is 1. The first-order valence-electron chi connectivity index (χ1n) is 5.17. The monoisotopic (exact) mass is 280 g/mol. The molecule has 0 spiro atoms. The standard InChI is InChI=1S/C11H9ClN4O3/c1-19-11(18)7-4-6(12)2-3-8(7)14-10(17)9-5-13-16-15-9/h2-5H,1H3,(H,14,17)(H,13,15,16). The van der Waals surface area contributed by atoms with Crippen LogP contribution in [-0.2, 0) is 4.74 Å². The third-order valence-corrected chi connectivity index (χ3v) is 2.52. The quantitative estimate of drug-likeness (QED) is 0.830. The summed E-state index contributed by atoms with van der Waals surface area (Å²) in [5.74, 6) is -1.10. The lowest BCUT2D eigenvalue weighted by Crippen LogP contribution is -2.15. The Bertz CT molecular complexity index is 612. The van der Waals surface area contributed by atoms with Gasteiger partial charge in [0, 0.05) is 5.02 Å². The Morgan fingerprint density at radius 2 is 2.21 bits per heavy atom. The Kier molecular flexibility index (Phi) is 3.76. The smallest absolute Gasteiger partial charge is 0.340 e. The van der Waals surface area contributed by atoms with Crippen LogP contribution in [-0.4, -0.2) is 34.4 Å². The zero-order valence-electron chi connectivity index (χ0n) is 9.81. The first-order valence-corrected chi connectivity index (χ1v) is 5.54. The Labute approximate surface area is 112 Å². The van der Waals surface area contributed by atoms with E-state index in [-0.39, 0.29) is 16.9 Å². The van der Waals surface area contributed by atoms with Gasteiger partial charge in [-0.3, -0.25) is 4.79 Å². The molecule has 2 aromatic rings. The van der Waals surface area contributed by atoms with E-state index >= 15 is 0 Å². The van der Waals surface area contributed by atoms with Crippen molar-refractivity contribution in [2.24, 2.45) is 0 Å². The number of ether oxygens (including phenoxy) is 1. The van der Waals surface area contributed by atoms with E-state index in [1.165, 1.54) is 25.4 Å². The predicted molar refractivity (Wildman–Crippen MR) is 67.1 cm³/mol. The third-order valence-electron chi connectivity index (χ3n) is 2.28. The predicted octanol–water partition coefficient (Wildman–Crippen LogP) is 1.50. The van der Waals surface area contributed by atoms with Gasteiger partial charge in [-0.05, 0) is 18.2 Å². The largest absolute Gasteiger partial charge is 0.465 e. The minimum atomic E-state index is -0.599. The Morgan fingerprint density at radius 3 is 2.84 bits per heavy atom. The first-order chi connectivity index (χ1) is 9.11. The number of carbonyl (C=O) groups is 2. The SMILES string of the molecule is COC(=O)c1cc(Cl)ccc1NC(=O)c1cn[nH]n1. The molecule has 0 atom stereocenters. The van der Waals surface area contributed by atoms with E-state index in [4.69, 9.17) is 11.6 Å². The molecule has 7 nitrogen and oxygen atoms in total. The van der Waals surface area contributed by atoms with Gasteiger partial charge >= 0.3 is 5.97 Å². The summed E-state index contributed by atoms with van der Waals surface area (Å²) in [5, 5.41) is 12.4. The topological polar surface area (TPSA) is 97.0 Å². The second-order valence-corrected chi connectivity index (χ2v) is 3.93. The number of H-pyrrole nitrogens is 1. The second-order valence-electron chi connectivity index (χ2n) is 3.49. The summed E-state index contributed by atoms with van der Waals surface area (Å²) in [7, 11) is 1.24. The molecule has 0 radical (unpaired) electrons. The van der Waals surface area contributed by atoms with E-state index in [1.807, 2.05) is 0 Å². The molecule has 0 saturated heterocycles. The molecule has 0 aliphatic heterocycles. The molecule has 0 aliphatic carbocycles. The summed E-state index contributed by atoms with van der Waals surface area (Å²) in [6, 6.07) is 4.46. The molecule has 1 amide bonds. The van der Waals surface area contributed by atoms with Gasteiger partial charge in [0.2, 0.25) is 0 Å². The van der Waals surface area contributed by atoms with Crippen LogP contribution < -0.4 is 5.32 Å². The Balaban J connectivity index is 2.29. The molecule has 0 saturated carbocycles. The molecule has 2 N–H and O–H groups in total. The zero-order chi connectivity index (χ0) is 13.8. The number of aromatic nitrogens is 3. The fourth-order valence-electron chi connectivity index (χ4n) is 1.40. The van der Waals surface area contributed by atoms with E-state index in [0.29, 0.717) is 5.02 Å². The summed E-state index contributed by atoms with van der Waals surface area (Å²) in [6.45, 7) is 0. The highest BCUT2D eigenvalue weighted by atomic mass is 35.5. The lowest BCUT2D eigenvalue weighted by molar-refractivity contribution is 0.0602. The van der Waals surface area contributed by atoms with Gasteiger partial charge in [-0.1, -0.05) is 11.6 Å². The van der Waals surface area contributed by atoms with Gasteiger partial charge in [0.1, 0.15) is 0 Å². The van der Waals surface area contributed by atoms with Gasteiger partial charge in [0.05, 0.1) is 24.6 Å². The van der Waals surface area contributed by atoms with Gasteiger partial charge in [-0.25, -0.2) is 4.79 Å². The molecule has 0 aliphatic rings. The maximum absolute atomic E-state index is 11.8. The lowest BCUT2D eigenvalue weighted by Gasteiger charge is -2.08. The average molecular weight is 281 g/mol. The number of aromatic amines is 1. The van der Waals surface area contributed by atoms with Crippen molar-refractivity contribution in [1.82, 2.24) is 15.4 Å². The normalized spacial score (nSPS) is 10.0. The minimum Gasteiger partial charge on any atom is -0.465 e. The van der Waals surface area contributed by atoms with Gasteiger partial charge in [0.25, 0.3) is 5.91 Å². The van der Waals surface area contributed by atoms with Crippen molar-refractivity contribution in [3.63, 3.8) is 0 Å². The summed E-state index contributed by atoms with van der Waals surface area (Å²) < 4.78 is 4.62. The van der Waals surface area contributed by atoms with E-state index in [2.05, 4.69) is 25.5 Å². The first kappa shape index (κ1) is 13.0. The van der Waals surface area contributed by atoms with Crippen LogP contribution in [0, 0.1) is 0 Å². The maximum Gasteiger partial charge on any atom is 0.340 e. The number of rotatable bonds is 3. The van der Waals surface area contributed by atoms with Gasteiger partial charge in [-0.2, -0.15) is 15.4 Å². The number of methoxy groups -OCH3 is 1. The van der Waals surface area contributed by atoms with Gasteiger partial charge in [-0.15, -0.1) is 0 Å². The molecule has 1 aromatic heterocycles. The van der Waals surface area contributed by atoms with Crippen LogP contribution in [0.2, 0.25) is 5.02 Å². The number of esters is 1. The molecule has 2 rings (SSSR count). The Hall–Kier alpha value is -2.41. The highest BCUT2D eigenvalue weighted by Crippen LogP contribution is 2.22. The fourth-order valence-corrected chi connectivity index (χ4v) is 1.57. The highest BCUT2D eigenvalue weighted by molar-refractivity contribution is 6.31. The number of hydrogen-bond acceptors (Lipinski definition) is 5. The third kappa shape index (κ3) is 2.89. The summed E-state index contributed by atoms with van der Waals surface area (Å²) in [6.07, 6.45) is 1.27. The molecule has 0 unspecified atom stereocenters. The molecule has 98 valence electrons. The van der Waals surface area contributed by atoms with Crippen LogP contribution in [0.5, 0.6) is 0 Å². The van der Waals surface area contributed by atoms with Crippen LogP contribution in [0.3, 0.4) is 0 Å². The number of benzene rings is 1. The van der Waals surface area contributed by atoms with Gasteiger partial charge < -0.3 is 10.1 Å². The maximum atomic E-state index is 11.8. The molecule has 8 heteroatoms. The highest BCUT2D eigenvalue weighted by Gasteiger charge is 2.16. The van der Waals surface area contributed by atoms with Crippen LogP contribution >= 0.6 is 11.6 Å². The number of halogens is 1. The minimum absolute atomic E-state index is 0.103. The fraction of sp³-hybridized carbons (Fsp3) is 0.0909. The molecule has 0 bridgehead atoms. The number of hydrogen-bond donors (Lipinski definition) is 2. The van der Waals surface area contributed by atoms with E-state index in [1.54, 1.807) is 6.07 Å². The molecular weight excluding hydrogens is 272 g/mol. The number of carbonyl (C=O) groups excluding carboxylic acids is 2. The number of nitrogens with zero attached hydrogens (tertiary/aromatic N) is 2. The Morgan fingerprint density at radius 1 is 1.42 bits per heavy atom.